The van der Waals surface area contributed by atoms with Crippen LogP contribution >= 0.6 is 11.8 Å². The fourth-order valence-corrected chi connectivity index (χ4v) is 3.82. The highest BCUT2D eigenvalue weighted by Crippen LogP contribution is 2.41. The van der Waals surface area contributed by atoms with Crippen molar-refractivity contribution in [1.29, 1.82) is 0 Å². The van der Waals surface area contributed by atoms with Crippen molar-refractivity contribution in [3.05, 3.63) is 23.8 Å². The molecular weight excluding hydrogens is 228 g/mol. The number of thioether (sulfide) groups is 1. The van der Waals surface area contributed by atoms with Crippen molar-refractivity contribution in [2.75, 3.05) is 25.5 Å². The number of fused-ring (bicyclic) bond motifs is 1. The summed E-state index contributed by atoms with van der Waals surface area (Å²) in [5, 5.41) is 3.93. The van der Waals surface area contributed by atoms with Crippen LogP contribution in [0.4, 0.5) is 5.69 Å². The largest absolute Gasteiger partial charge is 0.370 e. The van der Waals surface area contributed by atoms with Crippen LogP contribution in [0.3, 0.4) is 0 Å². The first-order chi connectivity index (χ1) is 8.17. The maximum Gasteiger partial charge on any atom is 0.0504 e. The third kappa shape index (κ3) is 2.45. The Hall–Kier alpha value is -0.670. The van der Waals surface area contributed by atoms with Crippen LogP contribution < -0.4 is 10.2 Å². The van der Waals surface area contributed by atoms with E-state index in [0.29, 0.717) is 11.3 Å². The minimum Gasteiger partial charge on any atom is -0.370 e. The third-order valence-electron chi connectivity index (χ3n) is 3.65. The van der Waals surface area contributed by atoms with Gasteiger partial charge in [-0.2, -0.15) is 0 Å². The summed E-state index contributed by atoms with van der Waals surface area (Å²) in [6.07, 6.45) is 1.11. The van der Waals surface area contributed by atoms with Crippen molar-refractivity contribution < 1.29 is 0 Å². The van der Waals surface area contributed by atoms with Gasteiger partial charge >= 0.3 is 0 Å². The molecule has 2 nitrogen and oxygen atoms in total. The summed E-state index contributed by atoms with van der Waals surface area (Å²) in [6, 6.07) is 7.45. The lowest BCUT2D eigenvalue weighted by Gasteiger charge is -2.39. The predicted molar refractivity (Wildman–Crippen MR) is 77.3 cm³/mol. The van der Waals surface area contributed by atoms with E-state index in [1.165, 1.54) is 16.1 Å². The molecule has 0 aliphatic carbocycles. The summed E-state index contributed by atoms with van der Waals surface area (Å²) in [5.41, 5.74) is 2.81. The SMILES string of the molecule is CCc1ccc2c(c1)SC(CNC)C(C)N2C. The number of nitrogens with zero attached hydrogens (tertiary/aromatic N) is 1. The Labute approximate surface area is 109 Å². The topological polar surface area (TPSA) is 15.3 Å². The maximum atomic E-state index is 3.30. The van der Waals surface area contributed by atoms with E-state index >= 15 is 0 Å². The first-order valence-electron chi connectivity index (χ1n) is 6.34. The molecule has 2 rings (SSSR count). The molecule has 0 radical (unpaired) electrons. The molecule has 0 fully saturated rings. The molecule has 2 unspecified atom stereocenters. The molecule has 0 amide bonds. The van der Waals surface area contributed by atoms with Crippen LogP contribution in [0.1, 0.15) is 19.4 Å². The van der Waals surface area contributed by atoms with Gasteiger partial charge in [-0.3, -0.25) is 0 Å². The van der Waals surface area contributed by atoms with Gasteiger partial charge in [0, 0.05) is 29.8 Å². The maximum absolute atomic E-state index is 3.30. The van der Waals surface area contributed by atoms with Crippen molar-refractivity contribution in [2.45, 2.75) is 36.5 Å². The van der Waals surface area contributed by atoms with Gasteiger partial charge < -0.3 is 10.2 Å². The van der Waals surface area contributed by atoms with E-state index in [-0.39, 0.29) is 0 Å². The van der Waals surface area contributed by atoms with Crippen molar-refractivity contribution in [3.63, 3.8) is 0 Å². The second kappa shape index (κ2) is 5.32. The Morgan fingerprint density at radius 1 is 1.41 bits per heavy atom. The van der Waals surface area contributed by atoms with E-state index in [9.17, 15) is 0 Å². The Morgan fingerprint density at radius 3 is 2.82 bits per heavy atom. The van der Waals surface area contributed by atoms with Crippen molar-refractivity contribution in [1.82, 2.24) is 5.32 Å². The molecule has 0 saturated heterocycles. The minimum atomic E-state index is 0.576. The molecule has 94 valence electrons. The zero-order valence-corrected chi connectivity index (χ0v) is 12.0. The Kier molecular flexibility index (Phi) is 4.00. The minimum absolute atomic E-state index is 0.576. The molecule has 2 atom stereocenters. The number of hydrogen-bond donors (Lipinski definition) is 1. The summed E-state index contributed by atoms with van der Waals surface area (Å²) in [4.78, 5) is 3.85. The molecule has 1 aromatic rings. The van der Waals surface area contributed by atoms with Crippen molar-refractivity contribution >= 4 is 17.4 Å². The number of benzene rings is 1. The molecule has 0 spiro atoms. The molecule has 1 aliphatic heterocycles. The van der Waals surface area contributed by atoms with Gasteiger partial charge in [-0.25, -0.2) is 0 Å². The van der Waals surface area contributed by atoms with Crippen LogP contribution in [0, 0.1) is 0 Å². The lowest BCUT2D eigenvalue weighted by Crippen LogP contribution is -2.44. The first-order valence-corrected chi connectivity index (χ1v) is 7.22. The third-order valence-corrected chi connectivity index (χ3v) is 5.09. The normalized spacial score (nSPS) is 23.6. The quantitative estimate of drug-likeness (QED) is 0.888. The van der Waals surface area contributed by atoms with Crippen molar-refractivity contribution in [2.24, 2.45) is 0 Å². The van der Waals surface area contributed by atoms with Gasteiger partial charge in [-0.1, -0.05) is 13.0 Å². The van der Waals surface area contributed by atoms with Gasteiger partial charge in [-0.15, -0.1) is 11.8 Å². The van der Waals surface area contributed by atoms with Crippen molar-refractivity contribution in [3.8, 4) is 0 Å². The van der Waals surface area contributed by atoms with Gasteiger partial charge in [0.15, 0.2) is 0 Å². The lowest BCUT2D eigenvalue weighted by molar-refractivity contribution is 0.602. The molecular formula is C14H22N2S. The second-order valence-corrected chi connectivity index (χ2v) is 6.00. The van der Waals surface area contributed by atoms with Crippen LogP contribution in [0.25, 0.3) is 0 Å². The number of aryl methyl sites for hydroxylation is 1. The first kappa shape index (κ1) is 12.8. The average Bonchev–Trinajstić information content (AvgIpc) is 2.35. The summed E-state index contributed by atoms with van der Waals surface area (Å²) in [5.74, 6) is 0. The molecule has 3 heteroatoms. The number of nitrogens with one attached hydrogen (secondary N) is 1. The van der Waals surface area contributed by atoms with Crippen LogP contribution in [0.2, 0.25) is 0 Å². The Balaban J connectivity index is 2.31. The fourth-order valence-electron chi connectivity index (χ4n) is 2.31. The fraction of sp³-hybridized carbons (Fsp3) is 0.571. The van der Waals surface area contributed by atoms with Gasteiger partial charge in [0.05, 0.1) is 5.69 Å². The monoisotopic (exact) mass is 250 g/mol. The van der Waals surface area contributed by atoms with Gasteiger partial charge in [0.25, 0.3) is 0 Å². The van der Waals surface area contributed by atoms with E-state index in [1.807, 2.05) is 18.8 Å². The van der Waals surface area contributed by atoms with Crippen LogP contribution in [0.5, 0.6) is 0 Å². The summed E-state index contributed by atoms with van der Waals surface area (Å²) in [6.45, 7) is 5.59. The highest BCUT2D eigenvalue weighted by molar-refractivity contribution is 8.00. The summed E-state index contributed by atoms with van der Waals surface area (Å²) >= 11 is 2.02. The summed E-state index contributed by atoms with van der Waals surface area (Å²) in [7, 11) is 4.24. The highest BCUT2D eigenvalue weighted by Gasteiger charge is 2.29. The van der Waals surface area contributed by atoms with E-state index in [0.717, 1.165) is 13.0 Å². The zero-order chi connectivity index (χ0) is 12.4. The second-order valence-electron chi connectivity index (χ2n) is 4.72. The average molecular weight is 250 g/mol. The Morgan fingerprint density at radius 2 is 2.18 bits per heavy atom. The van der Waals surface area contributed by atoms with E-state index < -0.39 is 0 Å². The predicted octanol–water partition coefficient (Wildman–Crippen LogP) is 2.77. The van der Waals surface area contributed by atoms with E-state index in [4.69, 9.17) is 0 Å². The number of hydrogen-bond acceptors (Lipinski definition) is 3. The van der Waals surface area contributed by atoms with E-state index in [2.05, 4.69) is 49.3 Å². The molecule has 0 aromatic heterocycles. The van der Waals surface area contributed by atoms with Gasteiger partial charge in [-0.05, 0) is 38.1 Å². The zero-order valence-electron chi connectivity index (χ0n) is 11.2. The molecule has 1 aliphatic rings. The number of anilines is 1. The highest BCUT2D eigenvalue weighted by atomic mass is 32.2. The molecule has 0 bridgehead atoms. The lowest BCUT2D eigenvalue weighted by atomic mass is 10.1. The van der Waals surface area contributed by atoms with Gasteiger partial charge in [0.2, 0.25) is 0 Å². The molecule has 1 heterocycles. The standard InChI is InChI=1S/C14H22N2S/c1-5-11-6-7-12-13(8-11)17-14(9-15-3)10(2)16(12)4/h6-8,10,14-15H,5,9H2,1-4H3. The van der Waals surface area contributed by atoms with E-state index in [1.54, 1.807) is 0 Å². The summed E-state index contributed by atoms with van der Waals surface area (Å²) < 4.78 is 0. The van der Waals surface area contributed by atoms with Crippen LogP contribution in [-0.4, -0.2) is 31.9 Å². The smallest absolute Gasteiger partial charge is 0.0504 e. The molecule has 1 aromatic carbocycles. The van der Waals surface area contributed by atoms with Crippen LogP contribution in [-0.2, 0) is 6.42 Å². The molecule has 17 heavy (non-hydrogen) atoms. The number of rotatable bonds is 3. The van der Waals surface area contributed by atoms with Crippen LogP contribution in [0.15, 0.2) is 23.1 Å². The van der Waals surface area contributed by atoms with Gasteiger partial charge in [0.1, 0.15) is 0 Å². The molecule has 0 saturated carbocycles. The molecule has 1 N–H and O–H groups in total. The Bertz CT molecular complexity index is 392.